The molecule has 4 rings (SSSR count). The summed E-state index contributed by atoms with van der Waals surface area (Å²) in [5.74, 6) is 1.83. The SMILES string of the molecule is COc1cc(OC)cc(C(=O)N2CCC(Cn3cnc4cc(C)c(C)cc43)CC2)c1. The predicted molar refractivity (Wildman–Crippen MR) is 117 cm³/mol. The van der Waals surface area contributed by atoms with Crippen LogP contribution in [-0.2, 0) is 6.54 Å². The number of likely N-dealkylation sites (tertiary alicyclic amines) is 1. The van der Waals surface area contributed by atoms with Crippen LogP contribution in [0.2, 0.25) is 0 Å². The normalized spacial score (nSPS) is 14.9. The maximum absolute atomic E-state index is 13.0. The Morgan fingerprint density at radius 2 is 1.63 bits per heavy atom. The van der Waals surface area contributed by atoms with Gasteiger partial charge in [-0.1, -0.05) is 0 Å². The van der Waals surface area contributed by atoms with Crippen molar-refractivity contribution in [2.75, 3.05) is 27.3 Å². The molecule has 1 saturated heterocycles. The number of aromatic nitrogens is 2. The summed E-state index contributed by atoms with van der Waals surface area (Å²) in [4.78, 5) is 19.5. The first-order valence-electron chi connectivity index (χ1n) is 10.4. The summed E-state index contributed by atoms with van der Waals surface area (Å²) >= 11 is 0. The molecule has 6 nitrogen and oxygen atoms in total. The number of benzene rings is 2. The number of imidazole rings is 1. The number of hydrogen-bond donors (Lipinski definition) is 0. The van der Waals surface area contributed by atoms with Crippen LogP contribution in [0.1, 0.15) is 34.3 Å². The van der Waals surface area contributed by atoms with Crippen LogP contribution in [-0.4, -0.2) is 47.7 Å². The van der Waals surface area contributed by atoms with Gasteiger partial charge in [0.25, 0.3) is 5.91 Å². The number of rotatable bonds is 5. The van der Waals surface area contributed by atoms with E-state index in [0.29, 0.717) is 23.0 Å². The predicted octanol–water partition coefficient (Wildman–Crippen LogP) is 4.22. The second-order valence-electron chi connectivity index (χ2n) is 8.16. The van der Waals surface area contributed by atoms with Crippen molar-refractivity contribution in [2.45, 2.75) is 33.2 Å². The van der Waals surface area contributed by atoms with Crippen molar-refractivity contribution in [1.82, 2.24) is 14.5 Å². The second-order valence-corrected chi connectivity index (χ2v) is 8.16. The zero-order valence-corrected chi connectivity index (χ0v) is 18.1. The zero-order chi connectivity index (χ0) is 21.3. The van der Waals surface area contributed by atoms with Gasteiger partial charge in [-0.2, -0.15) is 0 Å². The van der Waals surface area contributed by atoms with Crippen molar-refractivity contribution in [1.29, 1.82) is 0 Å². The van der Waals surface area contributed by atoms with Crippen molar-refractivity contribution in [3.8, 4) is 11.5 Å². The number of ether oxygens (including phenoxy) is 2. The Labute approximate surface area is 177 Å². The Morgan fingerprint density at radius 3 is 2.27 bits per heavy atom. The quantitative estimate of drug-likeness (QED) is 0.635. The number of nitrogens with zero attached hydrogens (tertiary/aromatic N) is 3. The molecule has 2 aromatic carbocycles. The van der Waals surface area contributed by atoms with Crippen LogP contribution < -0.4 is 9.47 Å². The Balaban J connectivity index is 1.42. The fraction of sp³-hybridized carbons (Fsp3) is 0.417. The minimum Gasteiger partial charge on any atom is -0.497 e. The third-order valence-electron chi connectivity index (χ3n) is 6.19. The first kappa shape index (κ1) is 20.3. The van der Waals surface area contributed by atoms with Gasteiger partial charge in [-0.25, -0.2) is 4.98 Å². The average Bonchev–Trinajstić information content (AvgIpc) is 3.14. The van der Waals surface area contributed by atoms with Crippen LogP contribution in [0, 0.1) is 19.8 Å². The van der Waals surface area contributed by atoms with Gasteiger partial charge in [-0.3, -0.25) is 4.79 Å². The van der Waals surface area contributed by atoms with E-state index in [0.717, 1.165) is 38.0 Å². The molecule has 30 heavy (non-hydrogen) atoms. The molecule has 0 radical (unpaired) electrons. The minimum atomic E-state index is 0.0323. The van der Waals surface area contributed by atoms with Gasteiger partial charge < -0.3 is 18.9 Å². The van der Waals surface area contributed by atoms with Crippen LogP contribution in [0.4, 0.5) is 0 Å². The minimum absolute atomic E-state index is 0.0323. The Hall–Kier alpha value is -3.02. The smallest absolute Gasteiger partial charge is 0.254 e. The van der Waals surface area contributed by atoms with E-state index < -0.39 is 0 Å². The second kappa shape index (κ2) is 8.38. The highest BCUT2D eigenvalue weighted by molar-refractivity contribution is 5.95. The molecule has 0 aliphatic carbocycles. The van der Waals surface area contributed by atoms with Crippen LogP contribution in [0.3, 0.4) is 0 Å². The molecule has 1 fully saturated rings. The van der Waals surface area contributed by atoms with Crippen LogP contribution in [0.5, 0.6) is 11.5 Å². The largest absolute Gasteiger partial charge is 0.497 e. The number of piperidine rings is 1. The van der Waals surface area contributed by atoms with E-state index in [4.69, 9.17) is 9.47 Å². The van der Waals surface area contributed by atoms with E-state index in [9.17, 15) is 4.79 Å². The number of hydrogen-bond acceptors (Lipinski definition) is 4. The summed E-state index contributed by atoms with van der Waals surface area (Å²) in [5, 5.41) is 0. The molecule has 3 aromatic rings. The highest BCUT2D eigenvalue weighted by atomic mass is 16.5. The summed E-state index contributed by atoms with van der Waals surface area (Å²) < 4.78 is 12.9. The lowest BCUT2D eigenvalue weighted by atomic mass is 9.96. The molecular weight excluding hydrogens is 378 g/mol. The van der Waals surface area contributed by atoms with Gasteiger partial charge in [0.2, 0.25) is 0 Å². The topological polar surface area (TPSA) is 56.6 Å². The number of fused-ring (bicyclic) bond motifs is 1. The molecule has 1 aliphatic heterocycles. The molecule has 0 saturated carbocycles. The number of carbonyl (C=O) groups excluding carboxylic acids is 1. The molecule has 0 bridgehead atoms. The lowest BCUT2D eigenvalue weighted by Crippen LogP contribution is -2.39. The molecule has 0 unspecified atom stereocenters. The average molecular weight is 408 g/mol. The zero-order valence-electron chi connectivity index (χ0n) is 18.1. The molecule has 1 amide bonds. The molecule has 0 N–H and O–H groups in total. The van der Waals surface area contributed by atoms with Gasteiger partial charge in [0, 0.05) is 31.3 Å². The Morgan fingerprint density at radius 1 is 1.00 bits per heavy atom. The van der Waals surface area contributed by atoms with E-state index in [-0.39, 0.29) is 5.91 Å². The van der Waals surface area contributed by atoms with Crippen LogP contribution >= 0.6 is 0 Å². The molecule has 1 aliphatic rings. The molecule has 1 aromatic heterocycles. The lowest BCUT2D eigenvalue weighted by molar-refractivity contribution is 0.0682. The molecule has 0 atom stereocenters. The standard InChI is InChI=1S/C24H29N3O3/c1-16-9-22-23(10-17(16)2)27(15-25-22)14-18-5-7-26(8-6-18)24(28)19-11-20(29-3)13-21(12-19)30-4/h9-13,15,18H,5-8,14H2,1-4H3. The maximum atomic E-state index is 13.0. The lowest BCUT2D eigenvalue weighted by Gasteiger charge is -2.32. The third kappa shape index (κ3) is 3.99. The van der Waals surface area contributed by atoms with E-state index in [1.165, 1.54) is 16.6 Å². The molecule has 158 valence electrons. The first-order chi connectivity index (χ1) is 14.5. The van der Waals surface area contributed by atoms with Gasteiger partial charge in [0.15, 0.2) is 0 Å². The van der Waals surface area contributed by atoms with Crippen molar-refractivity contribution < 1.29 is 14.3 Å². The molecule has 0 spiro atoms. The fourth-order valence-electron chi connectivity index (χ4n) is 4.17. The van der Waals surface area contributed by atoms with Gasteiger partial charge >= 0.3 is 0 Å². The fourth-order valence-corrected chi connectivity index (χ4v) is 4.17. The van der Waals surface area contributed by atoms with Gasteiger partial charge in [0.1, 0.15) is 11.5 Å². The highest BCUT2D eigenvalue weighted by Gasteiger charge is 2.25. The number of amides is 1. The number of methoxy groups -OCH3 is 2. The molecule has 2 heterocycles. The van der Waals surface area contributed by atoms with Gasteiger partial charge in [0.05, 0.1) is 31.6 Å². The molecular formula is C24H29N3O3. The third-order valence-corrected chi connectivity index (χ3v) is 6.19. The highest BCUT2D eigenvalue weighted by Crippen LogP contribution is 2.27. The molecule has 6 heteroatoms. The van der Waals surface area contributed by atoms with E-state index in [2.05, 4.69) is 35.5 Å². The summed E-state index contributed by atoms with van der Waals surface area (Å²) in [7, 11) is 3.19. The van der Waals surface area contributed by atoms with Gasteiger partial charge in [-0.05, 0) is 68.0 Å². The number of carbonyl (C=O) groups is 1. The Bertz CT molecular complexity index is 1040. The van der Waals surface area contributed by atoms with E-state index >= 15 is 0 Å². The summed E-state index contributed by atoms with van der Waals surface area (Å²) in [6, 6.07) is 9.72. The van der Waals surface area contributed by atoms with Crippen LogP contribution in [0.25, 0.3) is 11.0 Å². The summed E-state index contributed by atoms with van der Waals surface area (Å²) in [6.07, 6.45) is 3.91. The first-order valence-corrected chi connectivity index (χ1v) is 10.4. The monoisotopic (exact) mass is 407 g/mol. The van der Waals surface area contributed by atoms with Gasteiger partial charge in [-0.15, -0.1) is 0 Å². The maximum Gasteiger partial charge on any atom is 0.254 e. The van der Waals surface area contributed by atoms with Crippen molar-refractivity contribution in [2.24, 2.45) is 5.92 Å². The van der Waals surface area contributed by atoms with E-state index in [1.807, 2.05) is 11.2 Å². The van der Waals surface area contributed by atoms with Crippen LogP contribution in [0.15, 0.2) is 36.7 Å². The number of aryl methyl sites for hydroxylation is 2. The van der Waals surface area contributed by atoms with E-state index in [1.54, 1.807) is 32.4 Å². The summed E-state index contributed by atoms with van der Waals surface area (Å²) in [5.41, 5.74) is 5.42. The van der Waals surface area contributed by atoms with Crippen molar-refractivity contribution in [3.63, 3.8) is 0 Å². The Kier molecular flexibility index (Phi) is 5.66. The van der Waals surface area contributed by atoms with Crippen molar-refractivity contribution in [3.05, 3.63) is 53.3 Å². The van der Waals surface area contributed by atoms with Crippen molar-refractivity contribution >= 4 is 16.9 Å². The summed E-state index contributed by atoms with van der Waals surface area (Å²) in [6.45, 7) is 6.72.